The Labute approximate surface area is 106 Å². The standard InChI is InChI=1S/C12H16ClNO3/c1-15-10-7-9(14-6-4-5-13)8-11(16-2)12(10)17-3/h4-5,7-8,14H,6H2,1-3H3/b5-4+. The van der Waals surface area contributed by atoms with Crippen molar-refractivity contribution in [1.82, 2.24) is 0 Å². The molecule has 0 saturated heterocycles. The first-order valence-corrected chi connectivity index (χ1v) is 5.49. The van der Waals surface area contributed by atoms with Gasteiger partial charge in [-0.25, -0.2) is 0 Å². The number of benzene rings is 1. The van der Waals surface area contributed by atoms with E-state index in [4.69, 9.17) is 25.8 Å². The SMILES string of the molecule is COc1cc(NC/C=C/Cl)cc(OC)c1OC. The molecule has 0 aliphatic rings. The fraction of sp³-hybridized carbons (Fsp3) is 0.333. The summed E-state index contributed by atoms with van der Waals surface area (Å²) in [7, 11) is 4.74. The van der Waals surface area contributed by atoms with Crippen LogP contribution in [-0.2, 0) is 0 Å². The molecule has 1 N–H and O–H groups in total. The molecule has 1 aromatic rings. The maximum absolute atomic E-state index is 5.44. The maximum atomic E-state index is 5.44. The summed E-state index contributed by atoms with van der Waals surface area (Å²) >= 11 is 5.44. The molecule has 94 valence electrons. The number of nitrogens with one attached hydrogen (secondary N) is 1. The van der Waals surface area contributed by atoms with Gasteiger partial charge in [-0.2, -0.15) is 0 Å². The number of halogens is 1. The van der Waals surface area contributed by atoms with Gasteiger partial charge in [0.1, 0.15) is 0 Å². The second kappa shape index (κ2) is 6.91. The molecule has 1 aromatic carbocycles. The number of anilines is 1. The minimum absolute atomic E-state index is 0.577. The van der Waals surface area contributed by atoms with Gasteiger partial charge < -0.3 is 19.5 Å². The highest BCUT2D eigenvalue weighted by Gasteiger charge is 2.12. The summed E-state index contributed by atoms with van der Waals surface area (Å²) in [4.78, 5) is 0. The van der Waals surface area contributed by atoms with Gasteiger partial charge in [-0.15, -0.1) is 0 Å². The third-order valence-corrected chi connectivity index (χ3v) is 2.36. The molecule has 17 heavy (non-hydrogen) atoms. The zero-order valence-electron chi connectivity index (χ0n) is 10.1. The number of ether oxygens (including phenoxy) is 3. The molecule has 0 atom stereocenters. The second-order valence-electron chi connectivity index (χ2n) is 3.16. The lowest BCUT2D eigenvalue weighted by atomic mass is 10.2. The largest absolute Gasteiger partial charge is 0.493 e. The van der Waals surface area contributed by atoms with Crippen LogP contribution >= 0.6 is 11.6 Å². The zero-order chi connectivity index (χ0) is 12.7. The third-order valence-electron chi connectivity index (χ3n) is 2.18. The predicted octanol–water partition coefficient (Wildman–Crippen LogP) is 2.88. The van der Waals surface area contributed by atoms with Crippen LogP contribution in [-0.4, -0.2) is 27.9 Å². The summed E-state index contributed by atoms with van der Waals surface area (Å²) in [5.74, 6) is 1.81. The lowest BCUT2D eigenvalue weighted by Crippen LogP contribution is -2.01. The number of rotatable bonds is 6. The third kappa shape index (κ3) is 3.46. The van der Waals surface area contributed by atoms with Crippen molar-refractivity contribution in [1.29, 1.82) is 0 Å². The van der Waals surface area contributed by atoms with Crippen LogP contribution in [0.25, 0.3) is 0 Å². The van der Waals surface area contributed by atoms with Crippen LogP contribution in [0.3, 0.4) is 0 Å². The molecule has 0 heterocycles. The summed E-state index contributed by atoms with van der Waals surface area (Å²) in [6.45, 7) is 0.627. The van der Waals surface area contributed by atoms with Crippen molar-refractivity contribution >= 4 is 17.3 Å². The Bertz CT molecular complexity index is 368. The molecule has 0 radical (unpaired) electrons. The van der Waals surface area contributed by atoms with Crippen molar-refractivity contribution in [2.45, 2.75) is 0 Å². The molecular formula is C12H16ClNO3. The van der Waals surface area contributed by atoms with Crippen LogP contribution < -0.4 is 19.5 Å². The molecular weight excluding hydrogens is 242 g/mol. The van der Waals surface area contributed by atoms with E-state index in [0.29, 0.717) is 23.8 Å². The summed E-state index contributed by atoms with van der Waals surface area (Å²) < 4.78 is 15.7. The monoisotopic (exact) mass is 257 g/mol. The van der Waals surface area contributed by atoms with Gasteiger partial charge in [-0.3, -0.25) is 0 Å². The topological polar surface area (TPSA) is 39.7 Å². The Balaban J connectivity index is 3.00. The van der Waals surface area contributed by atoms with Gasteiger partial charge in [-0.05, 0) is 0 Å². The van der Waals surface area contributed by atoms with Gasteiger partial charge in [0.05, 0.1) is 21.3 Å². The van der Waals surface area contributed by atoms with E-state index in [2.05, 4.69) is 5.32 Å². The smallest absolute Gasteiger partial charge is 0.203 e. The van der Waals surface area contributed by atoms with Gasteiger partial charge >= 0.3 is 0 Å². The minimum atomic E-state index is 0.577. The van der Waals surface area contributed by atoms with Crippen molar-refractivity contribution < 1.29 is 14.2 Å². The van der Waals surface area contributed by atoms with Crippen molar-refractivity contribution in [3.63, 3.8) is 0 Å². The molecule has 4 nitrogen and oxygen atoms in total. The highest BCUT2D eigenvalue weighted by Crippen LogP contribution is 2.39. The molecule has 5 heteroatoms. The maximum Gasteiger partial charge on any atom is 0.203 e. The van der Waals surface area contributed by atoms with Crippen LogP contribution in [0.4, 0.5) is 5.69 Å². The quantitative estimate of drug-likeness (QED) is 0.851. The Kier molecular flexibility index (Phi) is 5.49. The molecule has 0 unspecified atom stereocenters. The summed E-state index contributed by atoms with van der Waals surface area (Å²) in [5.41, 5.74) is 2.33. The van der Waals surface area contributed by atoms with E-state index < -0.39 is 0 Å². The first-order valence-electron chi connectivity index (χ1n) is 5.06. The van der Waals surface area contributed by atoms with Crippen LogP contribution in [0, 0.1) is 0 Å². The second-order valence-corrected chi connectivity index (χ2v) is 3.41. The van der Waals surface area contributed by atoms with E-state index in [0.717, 1.165) is 5.69 Å². The highest BCUT2D eigenvalue weighted by atomic mass is 35.5. The van der Waals surface area contributed by atoms with Crippen molar-refractivity contribution in [3.05, 3.63) is 23.7 Å². The Morgan fingerprint density at radius 3 is 2.12 bits per heavy atom. The van der Waals surface area contributed by atoms with E-state index >= 15 is 0 Å². The summed E-state index contributed by atoms with van der Waals surface area (Å²) in [6, 6.07) is 3.67. The molecule has 0 amide bonds. The first-order chi connectivity index (χ1) is 8.26. The van der Waals surface area contributed by atoms with Crippen LogP contribution in [0.5, 0.6) is 17.2 Å². The van der Waals surface area contributed by atoms with Crippen molar-refractivity contribution in [2.75, 3.05) is 33.2 Å². The lowest BCUT2D eigenvalue weighted by Gasteiger charge is -2.14. The van der Waals surface area contributed by atoms with Gasteiger partial charge in [-0.1, -0.05) is 17.7 Å². The minimum Gasteiger partial charge on any atom is -0.493 e. The molecule has 0 bridgehead atoms. The van der Waals surface area contributed by atoms with E-state index in [1.165, 1.54) is 5.54 Å². The number of methoxy groups -OCH3 is 3. The normalized spacial score (nSPS) is 10.4. The Morgan fingerprint density at radius 1 is 1.12 bits per heavy atom. The van der Waals surface area contributed by atoms with E-state index in [1.807, 2.05) is 12.1 Å². The van der Waals surface area contributed by atoms with E-state index in [9.17, 15) is 0 Å². The van der Waals surface area contributed by atoms with Crippen LogP contribution in [0.1, 0.15) is 0 Å². The Morgan fingerprint density at radius 2 is 1.71 bits per heavy atom. The number of hydrogen-bond acceptors (Lipinski definition) is 4. The lowest BCUT2D eigenvalue weighted by molar-refractivity contribution is 0.324. The fourth-order valence-electron chi connectivity index (χ4n) is 1.40. The molecule has 0 saturated carbocycles. The predicted molar refractivity (Wildman–Crippen MR) is 69.6 cm³/mol. The van der Waals surface area contributed by atoms with Gasteiger partial charge in [0, 0.05) is 29.9 Å². The Hall–Kier alpha value is -1.55. The van der Waals surface area contributed by atoms with Crippen LogP contribution in [0.2, 0.25) is 0 Å². The molecule has 1 rings (SSSR count). The molecule has 0 fully saturated rings. The number of hydrogen-bond donors (Lipinski definition) is 1. The van der Waals surface area contributed by atoms with Gasteiger partial charge in [0.15, 0.2) is 11.5 Å². The zero-order valence-corrected chi connectivity index (χ0v) is 10.9. The molecule has 0 aliphatic heterocycles. The van der Waals surface area contributed by atoms with Crippen LogP contribution in [0.15, 0.2) is 23.7 Å². The summed E-state index contributed by atoms with van der Waals surface area (Å²) in [5, 5.41) is 3.16. The molecule has 0 aliphatic carbocycles. The average molecular weight is 258 g/mol. The van der Waals surface area contributed by atoms with Gasteiger partial charge in [0.25, 0.3) is 0 Å². The average Bonchev–Trinajstić information content (AvgIpc) is 2.37. The molecule has 0 aromatic heterocycles. The van der Waals surface area contributed by atoms with E-state index in [1.54, 1.807) is 27.4 Å². The fourth-order valence-corrected chi connectivity index (χ4v) is 1.49. The van der Waals surface area contributed by atoms with Gasteiger partial charge in [0.2, 0.25) is 5.75 Å². The van der Waals surface area contributed by atoms with Crippen molar-refractivity contribution in [3.8, 4) is 17.2 Å². The highest BCUT2D eigenvalue weighted by molar-refractivity contribution is 6.25. The van der Waals surface area contributed by atoms with E-state index in [-0.39, 0.29) is 0 Å². The first kappa shape index (κ1) is 13.5. The molecule has 0 spiro atoms. The van der Waals surface area contributed by atoms with Crippen molar-refractivity contribution in [2.24, 2.45) is 0 Å². The summed E-state index contributed by atoms with van der Waals surface area (Å²) in [6.07, 6.45) is 1.80.